The minimum Gasteiger partial charge on any atom is -0.460 e. The maximum absolute atomic E-state index is 13.4. The number of rotatable bonds is 4. The summed E-state index contributed by atoms with van der Waals surface area (Å²) in [5.74, 6) is 0.360. The Bertz CT molecular complexity index is 1440. The molecule has 6 rings (SSSR count). The summed E-state index contributed by atoms with van der Waals surface area (Å²) in [6.45, 7) is 5.34. The number of hydrogen-bond acceptors (Lipinski definition) is 5. The van der Waals surface area contributed by atoms with Gasteiger partial charge in [0.1, 0.15) is 22.6 Å². The van der Waals surface area contributed by atoms with E-state index in [1.54, 1.807) is 25.1 Å². The third-order valence-electron chi connectivity index (χ3n) is 7.31. The van der Waals surface area contributed by atoms with Crippen molar-refractivity contribution >= 4 is 28.3 Å². The first-order valence-electron chi connectivity index (χ1n) is 10.9. The van der Waals surface area contributed by atoms with E-state index in [0.29, 0.717) is 33.5 Å². The number of benzene rings is 1. The highest BCUT2D eigenvalue weighted by molar-refractivity contribution is 6.29. The Kier molecular flexibility index (Phi) is 4.83. The Morgan fingerprint density at radius 2 is 1.91 bits per heavy atom. The van der Waals surface area contributed by atoms with Crippen LogP contribution in [-0.4, -0.2) is 11.2 Å². The third kappa shape index (κ3) is 3.13. The highest BCUT2D eigenvalue weighted by atomic mass is 35.5. The van der Waals surface area contributed by atoms with Crippen LogP contribution in [0.25, 0.3) is 11.0 Å². The Labute approximate surface area is 198 Å². The fraction of sp³-hybridized carbons (Fsp3) is 0.400. The molecule has 2 bridgehead atoms. The predicted molar refractivity (Wildman–Crippen MR) is 122 cm³/mol. The molecule has 0 unspecified atom stereocenters. The standard InChI is InChI=1S/C25H21ClF3N3O2/c1-12-6-15(14(3)31-17-4-5-19(26)32-18(17)8-30)21-16(7-12)20(33)13(2)22(34-21)23-9-24(10-23,11-23)25(27,28)29/h4-7,14,31H,9-11H2,1-3H3/t14-,23?,24?/m1/s1. The molecule has 9 heteroatoms. The molecule has 3 fully saturated rings. The lowest BCUT2D eigenvalue weighted by molar-refractivity contribution is -0.340. The van der Waals surface area contributed by atoms with Crippen LogP contribution in [0.2, 0.25) is 5.15 Å². The van der Waals surface area contributed by atoms with Crippen molar-refractivity contribution in [3.05, 3.63) is 67.8 Å². The van der Waals surface area contributed by atoms with Gasteiger partial charge in [0.05, 0.1) is 22.5 Å². The zero-order valence-electron chi connectivity index (χ0n) is 18.7. The first-order chi connectivity index (χ1) is 15.9. The molecular weight excluding hydrogens is 467 g/mol. The number of aromatic nitrogens is 1. The lowest BCUT2D eigenvalue weighted by Gasteiger charge is -2.69. The van der Waals surface area contributed by atoms with Crippen molar-refractivity contribution in [2.24, 2.45) is 5.41 Å². The van der Waals surface area contributed by atoms with E-state index in [-0.39, 0.29) is 35.5 Å². The second-order valence-electron chi connectivity index (χ2n) is 9.71. The van der Waals surface area contributed by atoms with Crippen molar-refractivity contribution in [3.8, 4) is 6.07 Å². The van der Waals surface area contributed by atoms with Gasteiger partial charge in [-0.25, -0.2) is 4.98 Å². The van der Waals surface area contributed by atoms with Crippen LogP contribution in [0, 0.1) is 30.6 Å². The molecule has 0 saturated heterocycles. The molecule has 2 heterocycles. The van der Waals surface area contributed by atoms with Crippen LogP contribution in [-0.2, 0) is 5.41 Å². The lowest BCUT2D eigenvalue weighted by Crippen LogP contribution is -2.70. The molecule has 3 aliphatic carbocycles. The maximum Gasteiger partial charge on any atom is 0.394 e. The maximum atomic E-state index is 13.4. The van der Waals surface area contributed by atoms with Gasteiger partial charge in [-0.05, 0) is 63.8 Å². The van der Waals surface area contributed by atoms with Crippen LogP contribution in [0.3, 0.4) is 0 Å². The number of aryl methyl sites for hydroxylation is 1. The van der Waals surface area contributed by atoms with Crippen molar-refractivity contribution in [1.82, 2.24) is 4.98 Å². The third-order valence-corrected chi connectivity index (χ3v) is 7.52. The molecule has 0 radical (unpaired) electrons. The van der Waals surface area contributed by atoms with E-state index in [2.05, 4.69) is 10.3 Å². The molecule has 2 aromatic heterocycles. The molecule has 0 aliphatic heterocycles. The van der Waals surface area contributed by atoms with E-state index in [4.69, 9.17) is 16.0 Å². The first kappa shape index (κ1) is 22.7. The quantitative estimate of drug-likeness (QED) is 0.426. The summed E-state index contributed by atoms with van der Waals surface area (Å²) >= 11 is 5.89. The monoisotopic (exact) mass is 487 g/mol. The van der Waals surface area contributed by atoms with Gasteiger partial charge in [0.25, 0.3) is 0 Å². The number of hydrogen-bond donors (Lipinski definition) is 1. The molecule has 1 atom stereocenters. The second-order valence-corrected chi connectivity index (χ2v) is 10.1. The molecule has 3 saturated carbocycles. The van der Waals surface area contributed by atoms with Crippen molar-refractivity contribution in [1.29, 1.82) is 5.26 Å². The van der Waals surface area contributed by atoms with E-state index < -0.39 is 23.0 Å². The van der Waals surface area contributed by atoms with Gasteiger partial charge in [0.15, 0.2) is 11.1 Å². The number of fused-ring (bicyclic) bond motifs is 1. The number of pyridine rings is 1. The van der Waals surface area contributed by atoms with E-state index in [1.807, 2.05) is 26.0 Å². The molecule has 1 aromatic carbocycles. The first-order valence-corrected chi connectivity index (χ1v) is 11.3. The molecule has 176 valence electrons. The SMILES string of the molecule is Cc1cc([C@@H](C)Nc2ccc(Cl)nc2C#N)c2oc(C34CC(C(F)(F)F)(C3)C4)c(C)c(=O)c2c1. The summed E-state index contributed by atoms with van der Waals surface area (Å²) in [6.07, 6.45) is -4.38. The summed E-state index contributed by atoms with van der Waals surface area (Å²) in [6, 6.07) is 8.42. The molecule has 1 N–H and O–H groups in total. The Morgan fingerprint density at radius 1 is 1.24 bits per heavy atom. The van der Waals surface area contributed by atoms with E-state index in [0.717, 1.165) is 5.56 Å². The van der Waals surface area contributed by atoms with Crippen molar-refractivity contribution < 1.29 is 17.6 Å². The van der Waals surface area contributed by atoms with Gasteiger partial charge >= 0.3 is 6.18 Å². The van der Waals surface area contributed by atoms with Crippen LogP contribution in [0.5, 0.6) is 0 Å². The minimum absolute atomic E-state index is 0.0459. The molecule has 34 heavy (non-hydrogen) atoms. The van der Waals surface area contributed by atoms with E-state index >= 15 is 0 Å². The molecule has 0 spiro atoms. The molecule has 5 nitrogen and oxygen atoms in total. The highest BCUT2D eigenvalue weighted by Gasteiger charge is 2.80. The topological polar surface area (TPSA) is 78.9 Å². The fourth-order valence-electron chi connectivity index (χ4n) is 5.67. The number of nitriles is 1. The van der Waals surface area contributed by atoms with Gasteiger partial charge in [-0.2, -0.15) is 18.4 Å². The molecule has 3 aromatic rings. The van der Waals surface area contributed by atoms with E-state index in [9.17, 15) is 23.2 Å². The summed E-state index contributed by atoms with van der Waals surface area (Å²) in [7, 11) is 0. The number of nitrogens with zero attached hydrogens (tertiary/aromatic N) is 2. The van der Waals surface area contributed by atoms with Gasteiger partial charge in [0, 0.05) is 16.5 Å². The summed E-state index contributed by atoms with van der Waals surface area (Å²) in [4.78, 5) is 17.3. The number of nitrogens with one attached hydrogen (secondary N) is 1. The number of alkyl halides is 3. The van der Waals surface area contributed by atoms with Gasteiger partial charge in [-0.1, -0.05) is 17.7 Å². The zero-order chi connectivity index (χ0) is 24.6. The Morgan fingerprint density at radius 3 is 2.53 bits per heavy atom. The number of anilines is 1. The predicted octanol–water partition coefficient (Wildman–Crippen LogP) is 6.49. The van der Waals surface area contributed by atoms with Crippen LogP contribution in [0.4, 0.5) is 18.9 Å². The zero-order valence-corrected chi connectivity index (χ0v) is 19.5. The average molecular weight is 488 g/mol. The average Bonchev–Trinajstić information content (AvgIpc) is 2.69. The van der Waals surface area contributed by atoms with Crippen LogP contribution >= 0.6 is 11.6 Å². The van der Waals surface area contributed by atoms with Gasteiger partial charge in [-0.15, -0.1) is 0 Å². The Balaban J connectivity index is 1.59. The van der Waals surface area contributed by atoms with E-state index in [1.165, 1.54) is 0 Å². The number of halogens is 4. The summed E-state index contributed by atoms with van der Waals surface area (Å²) < 4.78 is 46.5. The minimum atomic E-state index is -4.24. The molecular formula is C25H21ClF3N3O2. The van der Waals surface area contributed by atoms with Gasteiger partial charge in [0.2, 0.25) is 0 Å². The summed E-state index contributed by atoms with van der Waals surface area (Å²) in [5, 5.41) is 13.2. The van der Waals surface area contributed by atoms with Crippen molar-refractivity contribution in [2.75, 3.05) is 5.32 Å². The highest BCUT2D eigenvalue weighted by Crippen LogP contribution is 2.78. The molecule has 3 aliphatic rings. The van der Waals surface area contributed by atoms with Crippen molar-refractivity contribution in [2.45, 2.75) is 57.7 Å². The summed E-state index contributed by atoms with van der Waals surface area (Å²) in [5.41, 5.74) is 0.209. The van der Waals surface area contributed by atoms with Crippen LogP contribution < -0.4 is 10.7 Å². The smallest absolute Gasteiger partial charge is 0.394 e. The normalized spacial score (nSPS) is 24.2. The largest absolute Gasteiger partial charge is 0.460 e. The van der Waals surface area contributed by atoms with Gasteiger partial charge < -0.3 is 9.73 Å². The van der Waals surface area contributed by atoms with Gasteiger partial charge in [-0.3, -0.25) is 4.79 Å². The Hall–Kier alpha value is -3.05. The van der Waals surface area contributed by atoms with Crippen molar-refractivity contribution in [3.63, 3.8) is 0 Å². The van der Waals surface area contributed by atoms with Crippen LogP contribution in [0.15, 0.2) is 33.5 Å². The fourth-order valence-corrected chi connectivity index (χ4v) is 5.82. The van der Waals surface area contributed by atoms with Crippen LogP contribution in [0.1, 0.15) is 60.4 Å². The second kappa shape index (κ2) is 7.22. The lowest BCUT2D eigenvalue weighted by atomic mass is 9.34. The molecule has 0 amide bonds.